The molecule has 6 heteroatoms. The Morgan fingerprint density at radius 2 is 2.14 bits per heavy atom. The van der Waals surface area contributed by atoms with Crippen molar-refractivity contribution in [1.29, 1.82) is 0 Å². The normalized spacial score (nSPS) is 29.0. The van der Waals surface area contributed by atoms with Gasteiger partial charge in [0.15, 0.2) is 5.96 Å². The fraction of sp³-hybridized carbons (Fsp3) is 0.938. The van der Waals surface area contributed by atoms with Crippen LogP contribution >= 0.6 is 24.0 Å². The van der Waals surface area contributed by atoms with Gasteiger partial charge < -0.3 is 20.1 Å². The van der Waals surface area contributed by atoms with Crippen LogP contribution in [0.2, 0.25) is 0 Å². The predicted molar refractivity (Wildman–Crippen MR) is 101 cm³/mol. The smallest absolute Gasteiger partial charge is 0.191 e. The Morgan fingerprint density at radius 1 is 1.27 bits per heavy atom. The summed E-state index contributed by atoms with van der Waals surface area (Å²) in [6, 6.07) is 0.563. The standard InChI is InChI=1S/C16H31N3O2.HI/c1-13-5-3-6-14(11-13)19-16(17-2)18-8-10-20-12-15-7-4-9-21-15;/h13-15H,3-12H2,1-2H3,(H2,17,18,19);1H. The molecule has 0 bridgehead atoms. The number of halogens is 1. The van der Waals surface area contributed by atoms with Crippen LogP contribution in [0, 0.1) is 5.92 Å². The van der Waals surface area contributed by atoms with Gasteiger partial charge in [-0.2, -0.15) is 0 Å². The molecule has 1 aliphatic heterocycles. The maximum atomic E-state index is 5.65. The summed E-state index contributed by atoms with van der Waals surface area (Å²) in [5.74, 6) is 1.72. The average Bonchev–Trinajstić information content (AvgIpc) is 2.99. The van der Waals surface area contributed by atoms with E-state index in [9.17, 15) is 0 Å². The summed E-state index contributed by atoms with van der Waals surface area (Å²) >= 11 is 0. The number of aliphatic imine (C=N–C) groups is 1. The van der Waals surface area contributed by atoms with Crippen LogP contribution in [0.4, 0.5) is 0 Å². The average molecular weight is 425 g/mol. The molecule has 0 radical (unpaired) electrons. The van der Waals surface area contributed by atoms with E-state index in [1.165, 1.54) is 32.1 Å². The highest BCUT2D eigenvalue weighted by Gasteiger charge is 2.19. The number of nitrogens with zero attached hydrogens (tertiary/aromatic N) is 1. The Hall–Kier alpha value is -0.0800. The number of ether oxygens (including phenoxy) is 2. The topological polar surface area (TPSA) is 54.9 Å². The van der Waals surface area contributed by atoms with Gasteiger partial charge in [0.1, 0.15) is 0 Å². The highest BCUT2D eigenvalue weighted by Crippen LogP contribution is 2.23. The SMILES string of the molecule is CN=C(NCCOCC1CCCO1)NC1CCCC(C)C1.I. The van der Waals surface area contributed by atoms with Gasteiger partial charge >= 0.3 is 0 Å². The highest BCUT2D eigenvalue weighted by molar-refractivity contribution is 14.0. The minimum atomic E-state index is 0. The third-order valence-corrected chi connectivity index (χ3v) is 4.37. The molecule has 2 N–H and O–H groups in total. The van der Waals surface area contributed by atoms with Crippen LogP contribution in [-0.4, -0.2) is 51.5 Å². The zero-order chi connectivity index (χ0) is 14.9. The lowest BCUT2D eigenvalue weighted by Gasteiger charge is -2.28. The molecule has 5 nitrogen and oxygen atoms in total. The van der Waals surface area contributed by atoms with E-state index in [1.54, 1.807) is 0 Å². The van der Waals surface area contributed by atoms with Crippen LogP contribution in [0.25, 0.3) is 0 Å². The minimum absolute atomic E-state index is 0. The second-order valence-corrected chi connectivity index (χ2v) is 6.32. The Balaban J connectivity index is 0.00000242. The minimum Gasteiger partial charge on any atom is -0.377 e. The van der Waals surface area contributed by atoms with Crippen molar-refractivity contribution in [2.45, 2.75) is 57.6 Å². The maximum Gasteiger partial charge on any atom is 0.191 e. The monoisotopic (exact) mass is 425 g/mol. The van der Waals surface area contributed by atoms with Gasteiger partial charge in [-0.1, -0.05) is 19.8 Å². The van der Waals surface area contributed by atoms with Gasteiger partial charge in [0.25, 0.3) is 0 Å². The molecular weight excluding hydrogens is 393 g/mol. The lowest BCUT2D eigenvalue weighted by atomic mass is 9.87. The molecule has 130 valence electrons. The van der Waals surface area contributed by atoms with Crippen molar-refractivity contribution in [1.82, 2.24) is 10.6 Å². The Labute approximate surface area is 152 Å². The van der Waals surface area contributed by atoms with Crippen molar-refractivity contribution in [3.05, 3.63) is 0 Å². The lowest BCUT2D eigenvalue weighted by molar-refractivity contribution is 0.0191. The molecule has 0 spiro atoms. The van der Waals surface area contributed by atoms with Crippen LogP contribution in [0.15, 0.2) is 4.99 Å². The highest BCUT2D eigenvalue weighted by atomic mass is 127. The molecule has 1 aliphatic carbocycles. The van der Waals surface area contributed by atoms with Gasteiger partial charge in [0, 0.05) is 26.2 Å². The molecule has 2 rings (SSSR count). The summed E-state index contributed by atoms with van der Waals surface area (Å²) in [6.45, 7) is 5.43. The van der Waals surface area contributed by atoms with Crippen molar-refractivity contribution in [3.8, 4) is 0 Å². The quantitative estimate of drug-likeness (QED) is 0.297. The van der Waals surface area contributed by atoms with Crippen LogP contribution in [-0.2, 0) is 9.47 Å². The third-order valence-electron chi connectivity index (χ3n) is 4.37. The maximum absolute atomic E-state index is 5.65. The van der Waals surface area contributed by atoms with Gasteiger partial charge in [0.05, 0.1) is 19.3 Å². The van der Waals surface area contributed by atoms with Gasteiger partial charge in [-0.15, -0.1) is 24.0 Å². The van der Waals surface area contributed by atoms with E-state index >= 15 is 0 Å². The second kappa shape index (κ2) is 11.5. The molecule has 0 aromatic rings. The Kier molecular flexibility index (Phi) is 10.4. The second-order valence-electron chi connectivity index (χ2n) is 6.32. The van der Waals surface area contributed by atoms with Crippen molar-refractivity contribution in [2.24, 2.45) is 10.9 Å². The number of rotatable bonds is 6. The molecule has 1 saturated carbocycles. The van der Waals surface area contributed by atoms with E-state index in [4.69, 9.17) is 9.47 Å². The van der Waals surface area contributed by atoms with Gasteiger partial charge in [-0.05, 0) is 31.6 Å². The number of hydrogen-bond donors (Lipinski definition) is 2. The van der Waals surface area contributed by atoms with Crippen LogP contribution in [0.3, 0.4) is 0 Å². The van der Waals surface area contributed by atoms with E-state index in [0.29, 0.717) is 25.4 Å². The summed E-state index contributed by atoms with van der Waals surface area (Å²) in [4.78, 5) is 4.30. The predicted octanol–water partition coefficient (Wildman–Crippen LogP) is 2.54. The fourth-order valence-corrected chi connectivity index (χ4v) is 3.19. The number of nitrogens with one attached hydrogen (secondary N) is 2. The van der Waals surface area contributed by atoms with Crippen LogP contribution in [0.5, 0.6) is 0 Å². The first-order valence-electron chi connectivity index (χ1n) is 8.44. The van der Waals surface area contributed by atoms with Crippen LogP contribution < -0.4 is 10.6 Å². The molecule has 0 amide bonds. The molecule has 3 unspecified atom stereocenters. The van der Waals surface area contributed by atoms with E-state index in [2.05, 4.69) is 22.5 Å². The molecule has 0 aromatic carbocycles. The Bertz CT molecular complexity index is 323. The molecule has 1 saturated heterocycles. The van der Waals surface area contributed by atoms with Crippen molar-refractivity contribution >= 4 is 29.9 Å². The van der Waals surface area contributed by atoms with Gasteiger partial charge in [0.2, 0.25) is 0 Å². The number of hydrogen-bond acceptors (Lipinski definition) is 3. The summed E-state index contributed by atoms with van der Waals surface area (Å²) in [7, 11) is 1.83. The zero-order valence-corrected chi connectivity index (χ0v) is 16.3. The van der Waals surface area contributed by atoms with Crippen molar-refractivity contribution in [3.63, 3.8) is 0 Å². The molecule has 2 aliphatic rings. The first-order valence-corrected chi connectivity index (χ1v) is 8.44. The zero-order valence-electron chi connectivity index (χ0n) is 14.0. The summed E-state index contributed by atoms with van der Waals surface area (Å²) in [5.41, 5.74) is 0. The first-order chi connectivity index (χ1) is 10.3. The van der Waals surface area contributed by atoms with E-state index < -0.39 is 0 Å². The summed E-state index contributed by atoms with van der Waals surface area (Å²) in [6.07, 6.45) is 7.79. The third kappa shape index (κ3) is 7.46. The van der Waals surface area contributed by atoms with E-state index in [0.717, 1.165) is 31.4 Å². The van der Waals surface area contributed by atoms with Crippen molar-refractivity contribution in [2.75, 3.05) is 33.4 Å². The molecular formula is C16H32IN3O2. The lowest BCUT2D eigenvalue weighted by Crippen LogP contribution is -2.46. The van der Waals surface area contributed by atoms with E-state index in [1.807, 2.05) is 7.05 Å². The summed E-state index contributed by atoms with van der Waals surface area (Å²) in [5, 5.41) is 6.86. The fourth-order valence-electron chi connectivity index (χ4n) is 3.19. The number of guanidine groups is 1. The largest absolute Gasteiger partial charge is 0.377 e. The molecule has 3 atom stereocenters. The molecule has 22 heavy (non-hydrogen) atoms. The van der Waals surface area contributed by atoms with Crippen molar-refractivity contribution < 1.29 is 9.47 Å². The first kappa shape index (κ1) is 20.0. The molecule has 2 fully saturated rings. The summed E-state index contributed by atoms with van der Waals surface area (Å²) < 4.78 is 11.2. The Morgan fingerprint density at radius 3 is 2.82 bits per heavy atom. The van der Waals surface area contributed by atoms with Gasteiger partial charge in [-0.3, -0.25) is 4.99 Å². The molecule has 1 heterocycles. The van der Waals surface area contributed by atoms with E-state index in [-0.39, 0.29) is 24.0 Å². The molecule has 0 aromatic heterocycles. The van der Waals surface area contributed by atoms with Crippen LogP contribution in [0.1, 0.15) is 45.4 Å². The van der Waals surface area contributed by atoms with Gasteiger partial charge in [-0.25, -0.2) is 0 Å².